The first-order valence-electron chi connectivity index (χ1n) is 15.8. The quantitative estimate of drug-likeness (QED) is 0.0994. The van der Waals surface area contributed by atoms with E-state index < -0.39 is 17.7 Å². The molecule has 50 heavy (non-hydrogen) atoms. The van der Waals surface area contributed by atoms with Crippen LogP contribution in [-0.4, -0.2) is 48.8 Å². The monoisotopic (exact) mass is 670 g/mol. The summed E-state index contributed by atoms with van der Waals surface area (Å²) in [5.74, 6) is -1.70. The van der Waals surface area contributed by atoms with Crippen molar-refractivity contribution in [3.05, 3.63) is 165 Å². The van der Waals surface area contributed by atoms with Crippen LogP contribution in [-0.2, 0) is 23.5 Å². The van der Waals surface area contributed by atoms with Crippen molar-refractivity contribution in [2.45, 2.75) is 24.8 Å². The van der Waals surface area contributed by atoms with E-state index in [1.54, 1.807) is 91.1 Å². The fourth-order valence-electron chi connectivity index (χ4n) is 5.76. The van der Waals surface area contributed by atoms with E-state index in [0.29, 0.717) is 28.8 Å². The highest BCUT2D eigenvalue weighted by Gasteiger charge is 2.40. The first-order valence-corrected chi connectivity index (χ1v) is 15.8. The Kier molecular flexibility index (Phi) is 9.82. The largest absolute Gasteiger partial charge is 0.506 e. The summed E-state index contributed by atoms with van der Waals surface area (Å²) < 4.78 is 0. The van der Waals surface area contributed by atoms with Crippen LogP contribution in [0.4, 0.5) is 0 Å². The van der Waals surface area contributed by atoms with E-state index in [0.717, 1.165) is 16.7 Å². The molecule has 7 N–H and O–H groups in total. The number of aliphatic hydroxyl groups excluding tert-OH is 1. The first kappa shape index (κ1) is 33.7. The van der Waals surface area contributed by atoms with Gasteiger partial charge in [0.25, 0.3) is 5.91 Å². The van der Waals surface area contributed by atoms with Gasteiger partial charge in [0.2, 0.25) is 11.2 Å². The van der Waals surface area contributed by atoms with Crippen LogP contribution in [0.5, 0.6) is 5.75 Å². The second-order valence-corrected chi connectivity index (χ2v) is 11.8. The lowest BCUT2D eigenvalue weighted by Crippen LogP contribution is -2.36. The number of fused-ring (bicyclic) bond motifs is 1. The molecule has 2 atom stereocenters. The highest BCUT2D eigenvalue weighted by molar-refractivity contribution is 5.94. The maximum atomic E-state index is 12.8. The summed E-state index contributed by atoms with van der Waals surface area (Å²) in [4.78, 5) is 43.6. The maximum absolute atomic E-state index is 12.8. The number of nitrogens with one attached hydrogen (secondary N) is 3. The van der Waals surface area contributed by atoms with E-state index in [2.05, 4.69) is 20.6 Å². The molecule has 6 aromatic rings. The Morgan fingerprint density at radius 2 is 1.50 bits per heavy atom. The second kappa shape index (κ2) is 14.5. The highest BCUT2D eigenvalue weighted by Crippen LogP contribution is 2.32. The molecule has 0 fully saturated rings. The van der Waals surface area contributed by atoms with Gasteiger partial charge in [0.1, 0.15) is 5.75 Å². The summed E-state index contributed by atoms with van der Waals surface area (Å²) in [5, 5.41) is 48.4. The van der Waals surface area contributed by atoms with Crippen molar-refractivity contribution in [2.24, 2.45) is 0 Å². The first-order chi connectivity index (χ1) is 24.1. The van der Waals surface area contributed by atoms with Gasteiger partial charge in [-0.3, -0.25) is 14.6 Å². The van der Waals surface area contributed by atoms with E-state index in [-0.39, 0.29) is 46.9 Å². The number of H-pyrrole nitrogens is 1. The fraction of sp³-hybridized carbons (Fsp3) is 0.128. The van der Waals surface area contributed by atoms with E-state index >= 15 is 0 Å². The molecule has 2 unspecified atom stereocenters. The van der Waals surface area contributed by atoms with Crippen LogP contribution < -0.4 is 16.2 Å². The normalized spacial score (nSPS) is 13.0. The summed E-state index contributed by atoms with van der Waals surface area (Å²) in [7, 11) is 0. The van der Waals surface area contributed by atoms with Crippen molar-refractivity contribution in [3.8, 4) is 16.9 Å². The molecule has 0 aliphatic heterocycles. The number of hydrogen-bond acceptors (Lipinski definition) is 8. The Morgan fingerprint density at radius 3 is 2.18 bits per heavy atom. The van der Waals surface area contributed by atoms with Crippen LogP contribution in [0.3, 0.4) is 0 Å². The molecule has 1 amide bonds. The van der Waals surface area contributed by atoms with E-state index in [9.17, 15) is 34.8 Å². The van der Waals surface area contributed by atoms with Crippen molar-refractivity contribution >= 4 is 22.8 Å². The topological polar surface area (TPSA) is 185 Å². The average Bonchev–Trinajstić information content (AvgIpc) is 3.14. The molecule has 0 spiro atoms. The maximum Gasteiger partial charge on any atom is 0.345 e. The van der Waals surface area contributed by atoms with E-state index in [1.807, 2.05) is 18.2 Å². The Bertz CT molecular complexity index is 2190. The molecule has 2 aromatic heterocycles. The lowest BCUT2D eigenvalue weighted by molar-refractivity contribution is -0.155. The Labute approximate surface area is 286 Å². The van der Waals surface area contributed by atoms with Gasteiger partial charge in [-0.05, 0) is 58.1 Å². The summed E-state index contributed by atoms with van der Waals surface area (Å²) in [6.07, 6.45) is 0.781. The number of phenols is 1. The Morgan fingerprint density at radius 1 is 0.800 bits per heavy atom. The number of hydrogen-bond donors (Lipinski definition) is 7. The third-order valence-electron chi connectivity index (χ3n) is 8.54. The van der Waals surface area contributed by atoms with Crippen LogP contribution in [0.25, 0.3) is 22.0 Å². The predicted octanol–water partition coefficient (Wildman–Crippen LogP) is 4.37. The fourth-order valence-corrected chi connectivity index (χ4v) is 5.76. The number of amides is 1. The molecule has 4 aromatic carbocycles. The van der Waals surface area contributed by atoms with Crippen LogP contribution in [0.2, 0.25) is 0 Å². The average molecular weight is 671 g/mol. The molecule has 11 heteroatoms. The van der Waals surface area contributed by atoms with Gasteiger partial charge >= 0.3 is 5.97 Å². The number of carbonyl (C=O) groups is 2. The standard InChI is InChI=1S/C39H34N4O7/c44-33-18-16-31(32-17-19-35(46)43-36(32)33)34(45)23-40-20-24-6-8-26(9-7-24)37(47)42-22-30-15-12-27(21-41-30)25-10-13-29(14-11-25)39(50,38(48)49)28-4-2-1-3-5-28/h1-19,21,34,40,44-45,50H,20,22-23H2,(H,42,47)(H,43,46)(H,48,49). The van der Waals surface area contributed by atoms with Gasteiger partial charge in [-0.25, -0.2) is 4.79 Å². The number of aliphatic carboxylic acids is 1. The molecular weight excluding hydrogens is 636 g/mol. The van der Waals surface area contributed by atoms with Crippen LogP contribution in [0.15, 0.2) is 126 Å². The number of nitrogens with zero attached hydrogens (tertiary/aromatic N) is 1. The zero-order valence-electron chi connectivity index (χ0n) is 26.7. The van der Waals surface area contributed by atoms with Crippen molar-refractivity contribution in [1.29, 1.82) is 0 Å². The number of carboxylic acids is 1. The third kappa shape index (κ3) is 7.15. The molecule has 11 nitrogen and oxygen atoms in total. The number of benzene rings is 4. The van der Waals surface area contributed by atoms with Gasteiger partial charge in [0, 0.05) is 41.9 Å². The van der Waals surface area contributed by atoms with Gasteiger partial charge in [0.15, 0.2) is 0 Å². The lowest BCUT2D eigenvalue weighted by atomic mass is 9.86. The summed E-state index contributed by atoms with van der Waals surface area (Å²) in [5.41, 5.74) is 2.42. The Balaban J connectivity index is 1.00. The highest BCUT2D eigenvalue weighted by atomic mass is 16.4. The number of rotatable bonds is 12. The molecular formula is C39H34N4O7. The molecule has 0 saturated heterocycles. The second-order valence-electron chi connectivity index (χ2n) is 11.8. The summed E-state index contributed by atoms with van der Waals surface area (Å²) >= 11 is 0. The number of aromatic hydroxyl groups is 1. The number of aromatic nitrogens is 2. The minimum absolute atomic E-state index is 0.0704. The Hall–Kier alpha value is -6.14. The number of carbonyl (C=O) groups excluding carboxylic acids is 1. The van der Waals surface area contributed by atoms with Gasteiger partial charge in [-0.15, -0.1) is 0 Å². The van der Waals surface area contributed by atoms with Crippen LogP contribution in [0.1, 0.15) is 44.4 Å². The van der Waals surface area contributed by atoms with Gasteiger partial charge in [-0.2, -0.15) is 0 Å². The van der Waals surface area contributed by atoms with Crippen molar-refractivity contribution in [2.75, 3.05) is 6.54 Å². The summed E-state index contributed by atoms with van der Waals surface area (Å²) in [6, 6.07) is 31.6. The molecule has 252 valence electrons. The number of aliphatic hydroxyl groups is 2. The van der Waals surface area contributed by atoms with Gasteiger partial charge in [0.05, 0.1) is 23.9 Å². The zero-order valence-corrected chi connectivity index (χ0v) is 26.7. The van der Waals surface area contributed by atoms with Crippen molar-refractivity contribution in [3.63, 3.8) is 0 Å². The minimum Gasteiger partial charge on any atom is -0.506 e. The molecule has 6 rings (SSSR count). The molecule has 0 aliphatic carbocycles. The molecule has 0 radical (unpaired) electrons. The number of pyridine rings is 2. The van der Waals surface area contributed by atoms with Crippen molar-refractivity contribution < 1.29 is 30.0 Å². The van der Waals surface area contributed by atoms with Crippen LogP contribution >= 0.6 is 0 Å². The number of aromatic amines is 1. The smallest absolute Gasteiger partial charge is 0.345 e. The number of carboxylic acid groups (broad SMARTS) is 1. The lowest BCUT2D eigenvalue weighted by Gasteiger charge is -2.24. The predicted molar refractivity (Wildman–Crippen MR) is 187 cm³/mol. The summed E-state index contributed by atoms with van der Waals surface area (Å²) in [6.45, 7) is 0.876. The van der Waals surface area contributed by atoms with Gasteiger partial charge < -0.3 is 36.0 Å². The molecule has 0 saturated carbocycles. The third-order valence-corrected chi connectivity index (χ3v) is 8.54. The van der Waals surface area contributed by atoms with Crippen LogP contribution in [0, 0.1) is 0 Å². The molecule has 2 heterocycles. The van der Waals surface area contributed by atoms with Gasteiger partial charge in [-0.1, -0.05) is 78.9 Å². The minimum atomic E-state index is -2.18. The SMILES string of the molecule is O=C(NCc1ccc(-c2ccc(C(O)(C(=O)O)c3ccccc3)cc2)cn1)c1ccc(CNCC(O)c2ccc(O)c3[nH]c(=O)ccc23)cc1. The number of phenolic OH excluding ortho intramolecular Hbond substituents is 1. The van der Waals surface area contributed by atoms with Crippen molar-refractivity contribution in [1.82, 2.24) is 20.6 Å². The zero-order chi connectivity index (χ0) is 35.3. The molecule has 0 aliphatic rings. The van der Waals surface area contributed by atoms with E-state index in [4.69, 9.17) is 0 Å². The molecule has 0 bridgehead atoms. The van der Waals surface area contributed by atoms with E-state index in [1.165, 1.54) is 12.1 Å².